The molecule has 6 nitrogen and oxygen atoms in total. The predicted molar refractivity (Wildman–Crippen MR) is 99.3 cm³/mol. The Labute approximate surface area is 152 Å². The van der Waals surface area contributed by atoms with Gasteiger partial charge in [-0.1, -0.05) is 41.0 Å². The molecule has 25 heavy (non-hydrogen) atoms. The van der Waals surface area contributed by atoms with Crippen LogP contribution in [0.1, 0.15) is 74.7 Å². The SMILES string of the molecule is CCCCC(=O)C(NC(=O)C(NC(=O)OC(C)(C)C)C(C)C)C(C)C. The summed E-state index contributed by atoms with van der Waals surface area (Å²) in [5.74, 6) is -0.469. The van der Waals surface area contributed by atoms with E-state index in [4.69, 9.17) is 4.74 Å². The van der Waals surface area contributed by atoms with Crippen molar-refractivity contribution in [1.82, 2.24) is 10.6 Å². The van der Waals surface area contributed by atoms with Crippen molar-refractivity contribution in [3.63, 3.8) is 0 Å². The highest BCUT2D eigenvalue weighted by Gasteiger charge is 2.31. The molecule has 2 N–H and O–H groups in total. The van der Waals surface area contributed by atoms with E-state index in [1.54, 1.807) is 20.8 Å². The van der Waals surface area contributed by atoms with Crippen molar-refractivity contribution in [2.45, 2.75) is 92.3 Å². The molecule has 0 heterocycles. The molecule has 0 radical (unpaired) electrons. The minimum atomic E-state index is -0.755. The van der Waals surface area contributed by atoms with E-state index in [1.165, 1.54) is 0 Å². The number of amides is 2. The molecule has 0 fully saturated rings. The number of ether oxygens (including phenoxy) is 1. The Kier molecular flexibility index (Phi) is 9.75. The summed E-state index contributed by atoms with van der Waals surface area (Å²) >= 11 is 0. The molecule has 0 aliphatic rings. The Morgan fingerprint density at radius 3 is 1.84 bits per heavy atom. The molecule has 2 amide bonds. The molecule has 0 aromatic carbocycles. The van der Waals surface area contributed by atoms with Gasteiger partial charge >= 0.3 is 6.09 Å². The van der Waals surface area contributed by atoms with Crippen molar-refractivity contribution in [3.05, 3.63) is 0 Å². The minimum absolute atomic E-state index is 0.0114. The third-order valence-electron chi connectivity index (χ3n) is 3.71. The van der Waals surface area contributed by atoms with Crippen molar-refractivity contribution >= 4 is 17.8 Å². The molecule has 2 unspecified atom stereocenters. The lowest BCUT2D eigenvalue weighted by molar-refractivity contribution is -0.130. The standard InChI is InChI=1S/C19H36N2O4/c1-9-10-11-14(22)15(12(2)3)20-17(23)16(13(4)5)21-18(24)25-19(6,7)8/h12-13,15-16H,9-11H2,1-8H3,(H,20,23)(H,21,24). The van der Waals surface area contributed by atoms with E-state index in [1.807, 2.05) is 34.6 Å². The van der Waals surface area contributed by atoms with Gasteiger partial charge in [0.2, 0.25) is 5.91 Å². The topological polar surface area (TPSA) is 84.5 Å². The number of carbonyl (C=O) groups excluding carboxylic acids is 3. The van der Waals surface area contributed by atoms with Crippen LogP contribution in [0.2, 0.25) is 0 Å². The number of carbonyl (C=O) groups is 3. The highest BCUT2D eigenvalue weighted by Crippen LogP contribution is 2.12. The first-order chi connectivity index (χ1) is 11.4. The van der Waals surface area contributed by atoms with Crippen molar-refractivity contribution < 1.29 is 19.1 Å². The molecular formula is C19H36N2O4. The smallest absolute Gasteiger partial charge is 0.408 e. The number of ketones is 1. The zero-order valence-corrected chi connectivity index (χ0v) is 17.1. The number of Topliss-reactive ketones (excluding diaryl/α,β-unsaturated/α-hetero) is 1. The molecule has 0 saturated carbocycles. The zero-order chi connectivity index (χ0) is 19.8. The van der Waals surface area contributed by atoms with Crippen molar-refractivity contribution in [3.8, 4) is 0 Å². The lowest BCUT2D eigenvalue weighted by atomic mass is 9.95. The highest BCUT2D eigenvalue weighted by molar-refractivity contribution is 5.92. The molecule has 0 aromatic heterocycles. The van der Waals surface area contributed by atoms with Crippen LogP contribution in [0.15, 0.2) is 0 Å². The first-order valence-electron chi connectivity index (χ1n) is 9.21. The quantitative estimate of drug-likeness (QED) is 0.663. The average Bonchev–Trinajstić information content (AvgIpc) is 2.45. The fourth-order valence-corrected chi connectivity index (χ4v) is 2.34. The Bertz CT molecular complexity index is 453. The third kappa shape index (κ3) is 9.46. The third-order valence-corrected chi connectivity index (χ3v) is 3.71. The predicted octanol–water partition coefficient (Wildman–Crippen LogP) is 3.44. The number of alkyl carbamates (subject to hydrolysis) is 1. The summed E-state index contributed by atoms with van der Waals surface area (Å²) in [6.07, 6.45) is 1.55. The lowest BCUT2D eigenvalue weighted by Gasteiger charge is -2.28. The van der Waals surface area contributed by atoms with Gasteiger partial charge in [0.1, 0.15) is 11.6 Å². The molecule has 0 rings (SSSR count). The number of rotatable bonds is 9. The van der Waals surface area contributed by atoms with Gasteiger partial charge in [-0.25, -0.2) is 4.79 Å². The van der Waals surface area contributed by atoms with Gasteiger partial charge in [-0.05, 0) is 39.0 Å². The Morgan fingerprint density at radius 2 is 1.44 bits per heavy atom. The highest BCUT2D eigenvalue weighted by atomic mass is 16.6. The Balaban J connectivity index is 5.01. The first-order valence-corrected chi connectivity index (χ1v) is 9.21. The van der Waals surface area contributed by atoms with Gasteiger partial charge < -0.3 is 15.4 Å². The molecule has 0 aromatic rings. The molecule has 0 saturated heterocycles. The van der Waals surface area contributed by atoms with Crippen LogP contribution in [0.25, 0.3) is 0 Å². The van der Waals surface area contributed by atoms with Crippen LogP contribution in [0.3, 0.4) is 0 Å². The first kappa shape index (κ1) is 23.4. The van der Waals surface area contributed by atoms with Gasteiger partial charge in [0, 0.05) is 6.42 Å². The molecule has 0 aliphatic carbocycles. The summed E-state index contributed by atoms with van der Waals surface area (Å²) in [6.45, 7) is 14.8. The Morgan fingerprint density at radius 1 is 0.920 bits per heavy atom. The van der Waals surface area contributed by atoms with E-state index >= 15 is 0 Å². The fourth-order valence-electron chi connectivity index (χ4n) is 2.34. The normalized spacial score (nSPS) is 14.2. The second-order valence-corrected chi connectivity index (χ2v) is 8.17. The van der Waals surface area contributed by atoms with Crippen LogP contribution in [-0.2, 0) is 14.3 Å². The lowest BCUT2D eigenvalue weighted by Crippen LogP contribution is -2.55. The van der Waals surface area contributed by atoms with Crippen LogP contribution in [0.4, 0.5) is 4.79 Å². The van der Waals surface area contributed by atoms with E-state index < -0.39 is 23.8 Å². The number of nitrogens with one attached hydrogen (secondary N) is 2. The molecule has 2 atom stereocenters. The maximum atomic E-state index is 12.6. The summed E-state index contributed by atoms with van der Waals surface area (Å²) in [6, 6.07) is -1.30. The van der Waals surface area contributed by atoms with Crippen LogP contribution < -0.4 is 10.6 Å². The van der Waals surface area contributed by atoms with Crippen LogP contribution in [0.5, 0.6) is 0 Å². The van der Waals surface area contributed by atoms with E-state index in [0.717, 1.165) is 12.8 Å². The van der Waals surface area contributed by atoms with Crippen LogP contribution in [0, 0.1) is 11.8 Å². The van der Waals surface area contributed by atoms with Crippen LogP contribution >= 0.6 is 0 Å². The zero-order valence-electron chi connectivity index (χ0n) is 17.1. The second-order valence-electron chi connectivity index (χ2n) is 8.17. The van der Waals surface area contributed by atoms with Gasteiger partial charge in [-0.15, -0.1) is 0 Å². The van der Waals surface area contributed by atoms with Gasteiger partial charge in [0.05, 0.1) is 6.04 Å². The van der Waals surface area contributed by atoms with Gasteiger partial charge in [0.25, 0.3) is 0 Å². The largest absolute Gasteiger partial charge is 0.444 e. The molecule has 0 bridgehead atoms. The average molecular weight is 357 g/mol. The molecule has 0 aliphatic heterocycles. The maximum absolute atomic E-state index is 12.6. The van der Waals surface area contributed by atoms with E-state index in [2.05, 4.69) is 10.6 Å². The van der Waals surface area contributed by atoms with Crippen molar-refractivity contribution in [2.24, 2.45) is 11.8 Å². The van der Waals surface area contributed by atoms with Crippen molar-refractivity contribution in [1.29, 1.82) is 0 Å². The Hall–Kier alpha value is -1.59. The summed E-state index contributed by atoms with van der Waals surface area (Å²) < 4.78 is 5.22. The minimum Gasteiger partial charge on any atom is -0.444 e. The second kappa shape index (κ2) is 10.4. The summed E-state index contributed by atoms with van der Waals surface area (Å²) in [7, 11) is 0. The summed E-state index contributed by atoms with van der Waals surface area (Å²) in [5.41, 5.74) is -0.640. The fraction of sp³-hybridized carbons (Fsp3) is 0.842. The van der Waals surface area contributed by atoms with E-state index in [-0.39, 0.29) is 23.5 Å². The molecular weight excluding hydrogens is 320 g/mol. The summed E-state index contributed by atoms with van der Waals surface area (Å²) in [5, 5.41) is 5.43. The monoisotopic (exact) mass is 356 g/mol. The maximum Gasteiger partial charge on any atom is 0.408 e. The summed E-state index contributed by atoms with van der Waals surface area (Å²) in [4.78, 5) is 37.0. The molecule has 6 heteroatoms. The van der Waals surface area contributed by atoms with Gasteiger partial charge in [0.15, 0.2) is 5.78 Å². The molecule has 146 valence electrons. The molecule has 0 spiro atoms. The van der Waals surface area contributed by atoms with Crippen LogP contribution in [-0.4, -0.2) is 35.5 Å². The van der Waals surface area contributed by atoms with E-state index in [0.29, 0.717) is 6.42 Å². The number of hydrogen-bond acceptors (Lipinski definition) is 4. The van der Waals surface area contributed by atoms with Gasteiger partial charge in [-0.2, -0.15) is 0 Å². The van der Waals surface area contributed by atoms with Crippen molar-refractivity contribution in [2.75, 3.05) is 0 Å². The number of hydrogen-bond donors (Lipinski definition) is 2. The van der Waals surface area contributed by atoms with Gasteiger partial charge in [-0.3, -0.25) is 9.59 Å². The number of unbranched alkanes of at least 4 members (excludes halogenated alkanes) is 1. The van der Waals surface area contributed by atoms with E-state index in [9.17, 15) is 14.4 Å².